The summed E-state index contributed by atoms with van der Waals surface area (Å²) in [6.45, 7) is 6.69. The van der Waals surface area contributed by atoms with E-state index in [1.807, 2.05) is 0 Å². The third-order valence-electron chi connectivity index (χ3n) is 3.63. The van der Waals surface area contributed by atoms with E-state index in [0.29, 0.717) is 18.0 Å². The smallest absolute Gasteiger partial charge is 0.314 e. The fourth-order valence-corrected chi connectivity index (χ4v) is 1.93. The predicted molar refractivity (Wildman–Crippen MR) is 78.3 cm³/mol. The molecule has 0 aromatic carbocycles. The van der Waals surface area contributed by atoms with E-state index in [1.165, 1.54) is 0 Å². The average molecular weight is 282 g/mol. The molecule has 1 unspecified atom stereocenters. The molecule has 6 heteroatoms. The minimum atomic E-state index is -1.12. The molecule has 0 radical (unpaired) electrons. The summed E-state index contributed by atoms with van der Waals surface area (Å²) >= 11 is 0. The Hall–Kier alpha value is -1.56. The molecule has 2 amide bonds. The molecule has 6 nitrogen and oxygen atoms in total. The average Bonchev–Trinajstić information content (AvgIpc) is 2.85. The van der Waals surface area contributed by atoms with Gasteiger partial charge in [0.25, 0.3) is 0 Å². The molecule has 1 atom stereocenters. The number of amides is 2. The number of aliphatic hydroxyl groups is 1. The maximum Gasteiger partial charge on any atom is 0.314 e. The normalized spacial score (nSPS) is 14.1. The van der Waals surface area contributed by atoms with Crippen LogP contribution in [0.4, 0.5) is 4.79 Å². The number of aryl methyl sites for hydroxylation is 1. The summed E-state index contributed by atoms with van der Waals surface area (Å²) < 4.78 is 1.62. The van der Waals surface area contributed by atoms with Gasteiger partial charge >= 0.3 is 6.03 Å². The van der Waals surface area contributed by atoms with Crippen molar-refractivity contribution in [2.45, 2.75) is 39.2 Å². The van der Waals surface area contributed by atoms with Crippen LogP contribution in [0.25, 0.3) is 0 Å². The van der Waals surface area contributed by atoms with Crippen molar-refractivity contribution in [1.82, 2.24) is 20.4 Å². The standard InChI is InChI=1S/C14H26N4O2/c1-5-11(6-2)7-15-13(19)16-10-14(3,20)12-8-17-18(4)9-12/h8-9,11,20H,5-7,10H2,1-4H3,(H2,15,16,19). The van der Waals surface area contributed by atoms with Crippen LogP contribution in [0.5, 0.6) is 0 Å². The van der Waals surface area contributed by atoms with E-state index < -0.39 is 5.60 Å². The monoisotopic (exact) mass is 282 g/mol. The fraction of sp³-hybridized carbons (Fsp3) is 0.714. The molecule has 3 N–H and O–H groups in total. The SMILES string of the molecule is CCC(CC)CNC(=O)NCC(C)(O)c1cnn(C)c1. The molecule has 1 aromatic heterocycles. The number of hydrogen-bond donors (Lipinski definition) is 3. The molecule has 0 saturated carbocycles. The number of rotatable bonds is 7. The zero-order valence-corrected chi connectivity index (χ0v) is 12.8. The van der Waals surface area contributed by atoms with Crippen molar-refractivity contribution in [3.8, 4) is 0 Å². The van der Waals surface area contributed by atoms with Crippen molar-refractivity contribution >= 4 is 6.03 Å². The Labute approximate surface area is 120 Å². The zero-order chi connectivity index (χ0) is 15.2. The Balaban J connectivity index is 2.40. The molecule has 1 rings (SSSR count). The fourth-order valence-electron chi connectivity index (χ4n) is 1.93. The van der Waals surface area contributed by atoms with Crippen molar-refractivity contribution in [1.29, 1.82) is 0 Å². The molecular weight excluding hydrogens is 256 g/mol. The predicted octanol–water partition coefficient (Wildman–Crippen LogP) is 1.36. The van der Waals surface area contributed by atoms with Gasteiger partial charge in [0.15, 0.2) is 0 Å². The van der Waals surface area contributed by atoms with Crippen molar-refractivity contribution in [3.05, 3.63) is 18.0 Å². The largest absolute Gasteiger partial charge is 0.383 e. The van der Waals surface area contributed by atoms with E-state index in [9.17, 15) is 9.90 Å². The van der Waals surface area contributed by atoms with Crippen molar-refractivity contribution < 1.29 is 9.90 Å². The van der Waals surface area contributed by atoms with Crippen LogP contribution in [0.15, 0.2) is 12.4 Å². The van der Waals surface area contributed by atoms with E-state index in [1.54, 1.807) is 31.0 Å². The van der Waals surface area contributed by atoms with Crippen molar-refractivity contribution in [3.63, 3.8) is 0 Å². The number of aromatic nitrogens is 2. The highest BCUT2D eigenvalue weighted by Crippen LogP contribution is 2.18. The topological polar surface area (TPSA) is 79.2 Å². The lowest BCUT2D eigenvalue weighted by atomic mass is 10.00. The lowest BCUT2D eigenvalue weighted by molar-refractivity contribution is 0.0593. The summed E-state index contributed by atoms with van der Waals surface area (Å²) in [5.41, 5.74) is -0.444. The number of urea groups is 1. The molecule has 0 saturated heterocycles. The van der Waals surface area contributed by atoms with Gasteiger partial charge in [0.1, 0.15) is 5.60 Å². The lowest BCUT2D eigenvalue weighted by Gasteiger charge is -2.22. The van der Waals surface area contributed by atoms with E-state index in [2.05, 4.69) is 29.6 Å². The second-order valence-electron chi connectivity index (χ2n) is 5.42. The Morgan fingerprint density at radius 2 is 2.10 bits per heavy atom. The maximum atomic E-state index is 11.7. The van der Waals surface area contributed by atoms with Crippen LogP contribution in [0.3, 0.4) is 0 Å². The second kappa shape index (κ2) is 7.28. The first-order chi connectivity index (χ1) is 9.39. The van der Waals surface area contributed by atoms with Crippen LogP contribution in [0, 0.1) is 5.92 Å². The van der Waals surface area contributed by atoms with E-state index in [4.69, 9.17) is 0 Å². The van der Waals surface area contributed by atoms with Gasteiger partial charge in [-0.25, -0.2) is 4.79 Å². The van der Waals surface area contributed by atoms with Crippen LogP contribution in [0.2, 0.25) is 0 Å². The second-order valence-corrected chi connectivity index (χ2v) is 5.42. The quantitative estimate of drug-likeness (QED) is 0.706. The third-order valence-corrected chi connectivity index (χ3v) is 3.63. The molecule has 0 aliphatic rings. The molecule has 0 fully saturated rings. The van der Waals surface area contributed by atoms with Gasteiger partial charge < -0.3 is 15.7 Å². The number of carbonyl (C=O) groups is 1. The van der Waals surface area contributed by atoms with Crippen LogP contribution < -0.4 is 10.6 Å². The number of nitrogens with one attached hydrogen (secondary N) is 2. The van der Waals surface area contributed by atoms with Crippen LogP contribution in [-0.4, -0.2) is 34.0 Å². The Morgan fingerprint density at radius 3 is 2.60 bits per heavy atom. The number of carbonyl (C=O) groups excluding carboxylic acids is 1. The Kier molecular flexibility index (Phi) is 6.01. The van der Waals surface area contributed by atoms with Crippen LogP contribution >= 0.6 is 0 Å². The minimum Gasteiger partial charge on any atom is -0.383 e. The third kappa shape index (κ3) is 4.85. The first-order valence-corrected chi connectivity index (χ1v) is 7.12. The van der Waals surface area contributed by atoms with Gasteiger partial charge in [0.05, 0.1) is 12.7 Å². The molecular formula is C14H26N4O2. The summed E-state index contributed by atoms with van der Waals surface area (Å²) in [4.78, 5) is 11.7. The summed E-state index contributed by atoms with van der Waals surface area (Å²) in [5, 5.41) is 19.9. The molecule has 0 spiro atoms. The van der Waals surface area contributed by atoms with E-state index in [-0.39, 0.29) is 12.6 Å². The summed E-state index contributed by atoms with van der Waals surface area (Å²) in [7, 11) is 1.79. The van der Waals surface area contributed by atoms with Gasteiger partial charge in [0.2, 0.25) is 0 Å². The van der Waals surface area contributed by atoms with Gasteiger partial charge in [-0.1, -0.05) is 26.7 Å². The van der Waals surface area contributed by atoms with Gasteiger partial charge in [-0.15, -0.1) is 0 Å². The summed E-state index contributed by atoms with van der Waals surface area (Å²) in [6, 6.07) is -0.249. The molecule has 0 aliphatic heterocycles. The number of nitrogens with zero attached hydrogens (tertiary/aromatic N) is 2. The van der Waals surface area contributed by atoms with Gasteiger partial charge in [0, 0.05) is 25.4 Å². The molecule has 1 heterocycles. The molecule has 20 heavy (non-hydrogen) atoms. The lowest BCUT2D eigenvalue weighted by Crippen LogP contribution is -2.44. The molecule has 1 aromatic rings. The first kappa shape index (κ1) is 16.5. The highest BCUT2D eigenvalue weighted by atomic mass is 16.3. The van der Waals surface area contributed by atoms with Crippen LogP contribution in [0.1, 0.15) is 39.2 Å². The Morgan fingerprint density at radius 1 is 1.45 bits per heavy atom. The Bertz CT molecular complexity index is 425. The van der Waals surface area contributed by atoms with Crippen LogP contribution in [-0.2, 0) is 12.6 Å². The van der Waals surface area contributed by atoms with E-state index in [0.717, 1.165) is 12.8 Å². The van der Waals surface area contributed by atoms with Gasteiger partial charge in [-0.2, -0.15) is 5.10 Å². The highest BCUT2D eigenvalue weighted by molar-refractivity contribution is 5.73. The summed E-state index contributed by atoms with van der Waals surface area (Å²) in [6.07, 6.45) is 5.43. The van der Waals surface area contributed by atoms with Gasteiger partial charge in [-0.3, -0.25) is 4.68 Å². The highest BCUT2D eigenvalue weighted by Gasteiger charge is 2.25. The molecule has 0 bridgehead atoms. The van der Waals surface area contributed by atoms with E-state index >= 15 is 0 Å². The summed E-state index contributed by atoms with van der Waals surface area (Å²) in [5.74, 6) is 0.500. The molecule has 114 valence electrons. The van der Waals surface area contributed by atoms with Gasteiger partial charge in [-0.05, 0) is 12.8 Å². The van der Waals surface area contributed by atoms with Crippen molar-refractivity contribution in [2.24, 2.45) is 13.0 Å². The zero-order valence-electron chi connectivity index (χ0n) is 12.8. The molecule has 0 aliphatic carbocycles. The maximum absolute atomic E-state index is 11.7. The number of hydrogen-bond acceptors (Lipinski definition) is 3. The van der Waals surface area contributed by atoms with Crippen molar-refractivity contribution in [2.75, 3.05) is 13.1 Å². The minimum absolute atomic E-state index is 0.146. The first-order valence-electron chi connectivity index (χ1n) is 7.12.